The zero-order chi connectivity index (χ0) is 17.1. The lowest BCUT2D eigenvalue weighted by Crippen LogP contribution is -2.43. The molecule has 0 radical (unpaired) electrons. The van der Waals surface area contributed by atoms with Crippen LogP contribution in [0, 0.1) is 5.82 Å². The van der Waals surface area contributed by atoms with Crippen LogP contribution in [0.1, 0.15) is 18.5 Å². The largest absolute Gasteiger partial charge is 0.348 e. The summed E-state index contributed by atoms with van der Waals surface area (Å²) in [6.45, 7) is 1.80. The number of carbonyl (C=O) groups excluding carboxylic acids is 2. The predicted molar refractivity (Wildman–Crippen MR) is 92.5 cm³/mol. The third-order valence-electron chi connectivity index (χ3n) is 3.86. The third kappa shape index (κ3) is 3.59. The maximum Gasteiger partial charge on any atom is 0.240 e. The molecule has 0 fully saturated rings. The van der Waals surface area contributed by atoms with E-state index < -0.39 is 0 Å². The number of rotatable bonds is 4. The standard InChI is InChI=1S/C18H17FN2O2S/c1-12(13-6-8-14(19)9-7-13)20-17(22)10-21-15-4-2-3-5-16(15)24-11-18(21)23/h2-9,12H,10-11H2,1H3,(H,20,22)/t12-/m1/s1. The molecule has 0 saturated carbocycles. The third-order valence-corrected chi connectivity index (χ3v) is 4.90. The predicted octanol–water partition coefficient (Wildman–Crippen LogP) is 3.14. The molecule has 4 nitrogen and oxygen atoms in total. The van der Waals surface area contributed by atoms with Gasteiger partial charge in [-0.1, -0.05) is 24.3 Å². The summed E-state index contributed by atoms with van der Waals surface area (Å²) in [6, 6.07) is 13.3. The van der Waals surface area contributed by atoms with Crippen LogP contribution in [0.4, 0.5) is 10.1 Å². The second kappa shape index (κ2) is 7.05. The molecule has 0 aliphatic carbocycles. The lowest BCUT2D eigenvalue weighted by atomic mass is 10.1. The number of anilines is 1. The number of thioether (sulfide) groups is 1. The Hall–Kier alpha value is -2.34. The molecule has 0 unspecified atom stereocenters. The number of benzene rings is 2. The summed E-state index contributed by atoms with van der Waals surface area (Å²) in [5, 5.41) is 2.85. The van der Waals surface area contributed by atoms with Gasteiger partial charge in [0.1, 0.15) is 12.4 Å². The van der Waals surface area contributed by atoms with Crippen LogP contribution in [-0.4, -0.2) is 24.1 Å². The van der Waals surface area contributed by atoms with E-state index in [-0.39, 0.29) is 30.2 Å². The van der Waals surface area contributed by atoms with Crippen molar-refractivity contribution in [3.63, 3.8) is 0 Å². The summed E-state index contributed by atoms with van der Waals surface area (Å²) in [7, 11) is 0. The molecule has 1 aliphatic rings. The van der Waals surface area contributed by atoms with E-state index in [1.165, 1.54) is 28.8 Å². The number of hydrogen-bond donors (Lipinski definition) is 1. The fraction of sp³-hybridized carbons (Fsp3) is 0.222. The Labute approximate surface area is 144 Å². The van der Waals surface area contributed by atoms with Crippen molar-refractivity contribution in [3.05, 3.63) is 59.9 Å². The van der Waals surface area contributed by atoms with E-state index in [0.29, 0.717) is 5.75 Å². The molecule has 2 amide bonds. The first kappa shape index (κ1) is 16.5. The summed E-state index contributed by atoms with van der Waals surface area (Å²) >= 11 is 1.48. The number of nitrogens with zero attached hydrogens (tertiary/aromatic N) is 1. The number of hydrogen-bond acceptors (Lipinski definition) is 3. The Morgan fingerprint density at radius 2 is 1.96 bits per heavy atom. The SMILES string of the molecule is C[C@@H](NC(=O)CN1C(=O)CSc2ccccc21)c1ccc(F)cc1. The smallest absolute Gasteiger partial charge is 0.240 e. The molecule has 3 rings (SSSR count). The highest BCUT2D eigenvalue weighted by molar-refractivity contribution is 8.00. The Morgan fingerprint density at radius 3 is 2.71 bits per heavy atom. The lowest BCUT2D eigenvalue weighted by Gasteiger charge is -2.28. The van der Waals surface area contributed by atoms with Crippen molar-refractivity contribution in [2.75, 3.05) is 17.2 Å². The first-order valence-electron chi connectivity index (χ1n) is 7.61. The van der Waals surface area contributed by atoms with Gasteiger partial charge in [0.25, 0.3) is 0 Å². The number of carbonyl (C=O) groups is 2. The normalized spacial score (nSPS) is 14.9. The summed E-state index contributed by atoms with van der Waals surface area (Å²) < 4.78 is 13.0. The van der Waals surface area contributed by atoms with Crippen LogP contribution in [0.3, 0.4) is 0 Å². The average Bonchev–Trinajstić information content (AvgIpc) is 2.58. The summed E-state index contributed by atoms with van der Waals surface area (Å²) in [5.41, 5.74) is 1.58. The summed E-state index contributed by atoms with van der Waals surface area (Å²) in [5.74, 6) is -0.312. The monoisotopic (exact) mass is 344 g/mol. The fourth-order valence-corrected chi connectivity index (χ4v) is 3.53. The lowest BCUT2D eigenvalue weighted by molar-refractivity contribution is -0.123. The minimum atomic E-state index is -0.315. The van der Waals surface area contributed by atoms with Crippen molar-refractivity contribution in [1.82, 2.24) is 5.32 Å². The molecule has 1 aliphatic heterocycles. The van der Waals surface area contributed by atoms with E-state index >= 15 is 0 Å². The molecule has 6 heteroatoms. The minimum Gasteiger partial charge on any atom is -0.348 e. The number of fused-ring (bicyclic) bond motifs is 1. The first-order chi connectivity index (χ1) is 11.5. The van der Waals surface area contributed by atoms with Crippen molar-refractivity contribution < 1.29 is 14.0 Å². The quantitative estimate of drug-likeness (QED) is 0.927. The van der Waals surface area contributed by atoms with Gasteiger partial charge in [0, 0.05) is 4.90 Å². The Balaban J connectivity index is 1.68. The second-order valence-electron chi connectivity index (χ2n) is 5.58. The molecule has 2 aromatic carbocycles. The average molecular weight is 344 g/mol. The number of para-hydroxylation sites is 1. The van der Waals surface area contributed by atoms with Gasteiger partial charge in [-0.2, -0.15) is 0 Å². The first-order valence-corrected chi connectivity index (χ1v) is 8.60. The Kier molecular flexibility index (Phi) is 4.85. The number of nitrogens with one attached hydrogen (secondary N) is 1. The highest BCUT2D eigenvalue weighted by Gasteiger charge is 2.26. The Morgan fingerprint density at radius 1 is 1.25 bits per heavy atom. The molecular formula is C18H17FN2O2S. The van der Waals surface area contributed by atoms with Gasteiger partial charge in [-0.25, -0.2) is 4.39 Å². The van der Waals surface area contributed by atoms with Crippen molar-refractivity contribution in [2.45, 2.75) is 17.9 Å². The zero-order valence-electron chi connectivity index (χ0n) is 13.2. The van der Waals surface area contributed by atoms with E-state index in [2.05, 4.69) is 5.32 Å². The number of halogens is 1. The molecule has 1 heterocycles. The van der Waals surface area contributed by atoms with Gasteiger partial charge in [0.15, 0.2) is 0 Å². The van der Waals surface area contributed by atoms with Crippen molar-refractivity contribution in [2.24, 2.45) is 0 Å². The maximum atomic E-state index is 13.0. The van der Waals surface area contributed by atoms with Crippen molar-refractivity contribution >= 4 is 29.3 Å². The van der Waals surface area contributed by atoms with Gasteiger partial charge in [-0.3, -0.25) is 9.59 Å². The van der Waals surface area contributed by atoms with Crippen LogP contribution in [-0.2, 0) is 9.59 Å². The van der Waals surface area contributed by atoms with E-state index in [1.807, 2.05) is 31.2 Å². The van der Waals surface area contributed by atoms with E-state index in [9.17, 15) is 14.0 Å². The van der Waals surface area contributed by atoms with Gasteiger partial charge in [-0.05, 0) is 36.8 Å². The molecular weight excluding hydrogens is 327 g/mol. The van der Waals surface area contributed by atoms with E-state index in [4.69, 9.17) is 0 Å². The Bertz CT molecular complexity index is 764. The molecule has 2 aromatic rings. The molecule has 124 valence electrons. The topological polar surface area (TPSA) is 49.4 Å². The molecule has 24 heavy (non-hydrogen) atoms. The van der Waals surface area contributed by atoms with Gasteiger partial charge >= 0.3 is 0 Å². The van der Waals surface area contributed by atoms with E-state index in [1.54, 1.807) is 12.1 Å². The van der Waals surface area contributed by atoms with E-state index in [0.717, 1.165) is 16.1 Å². The molecule has 0 bridgehead atoms. The fourth-order valence-electron chi connectivity index (χ4n) is 2.59. The van der Waals surface area contributed by atoms with Gasteiger partial charge in [0.05, 0.1) is 17.5 Å². The molecule has 0 saturated heterocycles. The van der Waals surface area contributed by atoms with Crippen LogP contribution in [0.15, 0.2) is 53.4 Å². The number of amides is 2. The van der Waals surface area contributed by atoms with Gasteiger partial charge in [-0.15, -0.1) is 11.8 Å². The van der Waals surface area contributed by atoms with Crippen molar-refractivity contribution in [1.29, 1.82) is 0 Å². The highest BCUT2D eigenvalue weighted by atomic mass is 32.2. The highest BCUT2D eigenvalue weighted by Crippen LogP contribution is 2.34. The van der Waals surface area contributed by atoms with Crippen LogP contribution >= 0.6 is 11.8 Å². The second-order valence-corrected chi connectivity index (χ2v) is 6.59. The zero-order valence-corrected chi connectivity index (χ0v) is 14.0. The van der Waals surface area contributed by atoms with Crippen LogP contribution in [0.5, 0.6) is 0 Å². The molecule has 0 spiro atoms. The molecule has 0 aromatic heterocycles. The molecule has 1 N–H and O–H groups in total. The van der Waals surface area contributed by atoms with Crippen LogP contribution < -0.4 is 10.2 Å². The van der Waals surface area contributed by atoms with Gasteiger partial charge in [0.2, 0.25) is 11.8 Å². The summed E-state index contributed by atoms with van der Waals surface area (Å²) in [6.07, 6.45) is 0. The molecule has 1 atom stereocenters. The van der Waals surface area contributed by atoms with Gasteiger partial charge < -0.3 is 10.2 Å². The summed E-state index contributed by atoms with van der Waals surface area (Å²) in [4.78, 5) is 27.0. The maximum absolute atomic E-state index is 13.0. The minimum absolute atomic E-state index is 0.0259. The van der Waals surface area contributed by atoms with Crippen LogP contribution in [0.2, 0.25) is 0 Å². The van der Waals surface area contributed by atoms with Crippen molar-refractivity contribution in [3.8, 4) is 0 Å². The van der Waals surface area contributed by atoms with Crippen LogP contribution in [0.25, 0.3) is 0 Å².